The summed E-state index contributed by atoms with van der Waals surface area (Å²) in [5, 5.41) is 0. The average molecular weight is 227 g/mol. The summed E-state index contributed by atoms with van der Waals surface area (Å²) in [6.07, 6.45) is -0.800. The third-order valence-electron chi connectivity index (χ3n) is 2.43. The van der Waals surface area contributed by atoms with Crippen LogP contribution < -0.4 is 10.5 Å². The van der Waals surface area contributed by atoms with Crippen LogP contribution in [-0.2, 0) is 0 Å². The number of rotatable bonds is 2. The SMILES string of the molecule is Cc1ccc(OC(N)=O)c(-c2ccccc2)c1. The molecule has 0 unspecified atom stereocenters. The Hall–Kier alpha value is -2.29. The van der Waals surface area contributed by atoms with Gasteiger partial charge in [-0.3, -0.25) is 0 Å². The van der Waals surface area contributed by atoms with Crippen LogP contribution in [0.3, 0.4) is 0 Å². The molecule has 2 aromatic rings. The number of nitrogens with two attached hydrogens (primary N) is 1. The zero-order chi connectivity index (χ0) is 12.3. The molecule has 0 heterocycles. The summed E-state index contributed by atoms with van der Waals surface area (Å²) >= 11 is 0. The summed E-state index contributed by atoms with van der Waals surface area (Å²) in [5.74, 6) is 0.481. The molecule has 0 saturated heterocycles. The van der Waals surface area contributed by atoms with Gasteiger partial charge >= 0.3 is 6.09 Å². The molecule has 3 heteroatoms. The van der Waals surface area contributed by atoms with Crippen molar-refractivity contribution < 1.29 is 9.53 Å². The molecule has 0 aliphatic rings. The van der Waals surface area contributed by atoms with E-state index in [1.165, 1.54) is 0 Å². The number of carbonyl (C=O) groups excluding carboxylic acids is 1. The Morgan fingerprint density at radius 2 is 1.82 bits per heavy atom. The van der Waals surface area contributed by atoms with Gasteiger partial charge in [-0.2, -0.15) is 0 Å². The molecular weight excluding hydrogens is 214 g/mol. The van der Waals surface area contributed by atoms with Crippen molar-refractivity contribution in [1.29, 1.82) is 0 Å². The summed E-state index contributed by atoms with van der Waals surface area (Å²) in [7, 11) is 0. The minimum atomic E-state index is -0.800. The number of amides is 1. The van der Waals surface area contributed by atoms with E-state index < -0.39 is 6.09 Å². The predicted molar refractivity (Wildman–Crippen MR) is 66.8 cm³/mol. The molecule has 17 heavy (non-hydrogen) atoms. The standard InChI is InChI=1S/C14H13NO2/c1-10-7-8-13(17-14(15)16)12(9-10)11-5-3-2-4-6-11/h2-9H,1H3,(H2,15,16). The van der Waals surface area contributed by atoms with Crippen molar-refractivity contribution in [3.05, 3.63) is 54.1 Å². The minimum Gasteiger partial charge on any atom is -0.410 e. The van der Waals surface area contributed by atoms with Gasteiger partial charge in [-0.1, -0.05) is 42.0 Å². The van der Waals surface area contributed by atoms with Crippen LogP contribution in [0.5, 0.6) is 5.75 Å². The van der Waals surface area contributed by atoms with E-state index in [1.807, 2.05) is 49.4 Å². The molecule has 0 aromatic heterocycles. The Morgan fingerprint density at radius 3 is 2.47 bits per heavy atom. The normalized spacial score (nSPS) is 9.94. The quantitative estimate of drug-likeness (QED) is 0.856. The number of carbonyl (C=O) groups is 1. The number of primary amides is 1. The highest BCUT2D eigenvalue weighted by Crippen LogP contribution is 2.30. The fraction of sp³-hybridized carbons (Fsp3) is 0.0714. The molecule has 0 fully saturated rings. The Balaban J connectivity index is 2.51. The van der Waals surface area contributed by atoms with Gasteiger partial charge in [-0.15, -0.1) is 0 Å². The summed E-state index contributed by atoms with van der Waals surface area (Å²) < 4.78 is 4.99. The second-order valence-electron chi connectivity index (χ2n) is 3.79. The van der Waals surface area contributed by atoms with E-state index in [2.05, 4.69) is 0 Å². The lowest BCUT2D eigenvalue weighted by atomic mass is 10.0. The molecule has 0 saturated carbocycles. The van der Waals surface area contributed by atoms with E-state index in [0.717, 1.165) is 16.7 Å². The number of aryl methyl sites for hydroxylation is 1. The van der Waals surface area contributed by atoms with Crippen molar-refractivity contribution in [3.8, 4) is 16.9 Å². The maximum Gasteiger partial charge on any atom is 0.409 e. The van der Waals surface area contributed by atoms with Crippen LogP contribution in [0.1, 0.15) is 5.56 Å². The maximum absolute atomic E-state index is 10.8. The second kappa shape index (κ2) is 4.70. The summed E-state index contributed by atoms with van der Waals surface area (Å²) in [6.45, 7) is 1.99. The van der Waals surface area contributed by atoms with Gasteiger partial charge in [-0.05, 0) is 24.6 Å². The molecule has 0 bridgehead atoms. The van der Waals surface area contributed by atoms with E-state index in [1.54, 1.807) is 6.07 Å². The molecule has 2 N–H and O–H groups in total. The van der Waals surface area contributed by atoms with E-state index in [4.69, 9.17) is 10.5 Å². The van der Waals surface area contributed by atoms with Crippen molar-refractivity contribution in [3.63, 3.8) is 0 Å². The van der Waals surface area contributed by atoms with Gasteiger partial charge in [0.05, 0.1) is 0 Å². The van der Waals surface area contributed by atoms with Crippen molar-refractivity contribution in [2.75, 3.05) is 0 Å². The highest BCUT2D eigenvalue weighted by atomic mass is 16.5. The number of hydrogen-bond acceptors (Lipinski definition) is 2. The van der Waals surface area contributed by atoms with Crippen LogP contribution in [0.15, 0.2) is 48.5 Å². The predicted octanol–water partition coefficient (Wildman–Crippen LogP) is 3.12. The Labute approximate surface area is 99.8 Å². The molecule has 1 amide bonds. The van der Waals surface area contributed by atoms with Gasteiger partial charge in [0, 0.05) is 5.56 Å². The Morgan fingerprint density at radius 1 is 1.12 bits per heavy atom. The van der Waals surface area contributed by atoms with Gasteiger partial charge in [0.1, 0.15) is 5.75 Å². The first-order chi connectivity index (χ1) is 8.16. The molecule has 2 aromatic carbocycles. The molecule has 0 spiro atoms. The third-order valence-corrected chi connectivity index (χ3v) is 2.43. The Kier molecular flexibility index (Phi) is 3.10. The first-order valence-electron chi connectivity index (χ1n) is 5.30. The molecule has 0 atom stereocenters. The zero-order valence-electron chi connectivity index (χ0n) is 9.51. The van der Waals surface area contributed by atoms with Crippen molar-refractivity contribution in [2.24, 2.45) is 5.73 Å². The van der Waals surface area contributed by atoms with Crippen LogP contribution in [0.25, 0.3) is 11.1 Å². The first kappa shape index (κ1) is 11.2. The van der Waals surface area contributed by atoms with E-state index in [-0.39, 0.29) is 0 Å². The molecule has 86 valence electrons. The highest BCUT2D eigenvalue weighted by Gasteiger charge is 2.08. The van der Waals surface area contributed by atoms with Crippen LogP contribution >= 0.6 is 0 Å². The Bertz CT molecular complexity index is 535. The van der Waals surface area contributed by atoms with E-state index in [9.17, 15) is 4.79 Å². The van der Waals surface area contributed by atoms with E-state index >= 15 is 0 Å². The van der Waals surface area contributed by atoms with Crippen molar-refractivity contribution >= 4 is 6.09 Å². The van der Waals surface area contributed by atoms with Gasteiger partial charge in [0.2, 0.25) is 0 Å². The topological polar surface area (TPSA) is 52.3 Å². The smallest absolute Gasteiger partial charge is 0.409 e. The lowest BCUT2D eigenvalue weighted by Gasteiger charge is -2.09. The molecule has 3 nitrogen and oxygen atoms in total. The average Bonchev–Trinajstić information content (AvgIpc) is 2.32. The summed E-state index contributed by atoms with van der Waals surface area (Å²) in [4.78, 5) is 10.8. The van der Waals surface area contributed by atoms with Gasteiger partial charge in [-0.25, -0.2) is 4.79 Å². The molecule has 2 rings (SSSR count). The number of hydrogen-bond donors (Lipinski definition) is 1. The molecular formula is C14H13NO2. The van der Waals surface area contributed by atoms with Gasteiger partial charge in [0.25, 0.3) is 0 Å². The largest absolute Gasteiger partial charge is 0.410 e. The third kappa shape index (κ3) is 2.64. The van der Waals surface area contributed by atoms with Crippen LogP contribution in [0.2, 0.25) is 0 Å². The summed E-state index contributed by atoms with van der Waals surface area (Å²) in [5.41, 5.74) is 8.00. The summed E-state index contributed by atoms with van der Waals surface area (Å²) in [6, 6.07) is 15.3. The van der Waals surface area contributed by atoms with Crippen molar-refractivity contribution in [1.82, 2.24) is 0 Å². The van der Waals surface area contributed by atoms with Crippen molar-refractivity contribution in [2.45, 2.75) is 6.92 Å². The molecule has 0 aliphatic heterocycles. The van der Waals surface area contributed by atoms with Crippen LogP contribution in [-0.4, -0.2) is 6.09 Å². The van der Waals surface area contributed by atoms with Gasteiger partial charge in [0.15, 0.2) is 0 Å². The zero-order valence-corrected chi connectivity index (χ0v) is 9.51. The monoisotopic (exact) mass is 227 g/mol. The van der Waals surface area contributed by atoms with Gasteiger partial charge < -0.3 is 10.5 Å². The van der Waals surface area contributed by atoms with Crippen LogP contribution in [0, 0.1) is 6.92 Å². The lowest BCUT2D eigenvalue weighted by molar-refractivity contribution is 0.211. The second-order valence-corrected chi connectivity index (χ2v) is 3.79. The van der Waals surface area contributed by atoms with Crippen LogP contribution in [0.4, 0.5) is 4.79 Å². The number of benzene rings is 2. The first-order valence-corrected chi connectivity index (χ1v) is 5.30. The fourth-order valence-corrected chi connectivity index (χ4v) is 1.68. The fourth-order valence-electron chi connectivity index (χ4n) is 1.68. The lowest BCUT2D eigenvalue weighted by Crippen LogP contribution is -2.16. The molecule has 0 aliphatic carbocycles. The maximum atomic E-state index is 10.8. The minimum absolute atomic E-state index is 0.481. The highest BCUT2D eigenvalue weighted by molar-refractivity contribution is 5.76. The molecule has 0 radical (unpaired) electrons. The van der Waals surface area contributed by atoms with E-state index in [0.29, 0.717) is 5.75 Å². The number of ether oxygens (including phenoxy) is 1.